The highest BCUT2D eigenvalue weighted by Crippen LogP contribution is 2.31. The summed E-state index contributed by atoms with van der Waals surface area (Å²) in [5.74, 6) is -6.48. The number of amides is 4. The zero-order valence-corrected chi connectivity index (χ0v) is 35.1. The van der Waals surface area contributed by atoms with Gasteiger partial charge in [0.05, 0.1) is 24.2 Å². The van der Waals surface area contributed by atoms with E-state index in [1.165, 1.54) is 0 Å². The zero-order valence-electron chi connectivity index (χ0n) is 35.1. The predicted octanol–water partition coefficient (Wildman–Crippen LogP) is -2.94. The Kier molecular flexibility index (Phi) is 16.2. The van der Waals surface area contributed by atoms with Crippen LogP contribution in [0.5, 0.6) is 0 Å². The van der Waals surface area contributed by atoms with Gasteiger partial charge in [-0.15, -0.1) is 0 Å². The number of aliphatic carboxylic acids is 2. The number of hydrogen-bond acceptors (Lipinski definition) is 18. The van der Waals surface area contributed by atoms with Crippen molar-refractivity contribution in [3.63, 3.8) is 0 Å². The van der Waals surface area contributed by atoms with Crippen LogP contribution in [0.4, 0.5) is 19.2 Å². The van der Waals surface area contributed by atoms with Gasteiger partial charge in [0.25, 0.3) is 0 Å². The van der Waals surface area contributed by atoms with E-state index in [1.807, 2.05) is 0 Å². The van der Waals surface area contributed by atoms with Crippen LogP contribution in [0.15, 0.2) is 57.9 Å². The lowest BCUT2D eigenvalue weighted by Gasteiger charge is -2.39. The van der Waals surface area contributed by atoms with Crippen LogP contribution in [0.3, 0.4) is 0 Å². The van der Waals surface area contributed by atoms with Gasteiger partial charge in [0.1, 0.15) is 13.2 Å². The lowest BCUT2D eigenvalue weighted by atomic mass is 9.92. The molecule has 0 aromatic heterocycles. The fourth-order valence-corrected chi connectivity index (χ4v) is 7.20. The lowest BCUT2D eigenvalue weighted by molar-refractivity contribution is -0.145. The van der Waals surface area contributed by atoms with Crippen molar-refractivity contribution in [2.45, 2.75) is 87.5 Å². The van der Waals surface area contributed by atoms with E-state index < -0.39 is 146 Å². The number of aliphatic imine (C=N–C) groups is 2. The third kappa shape index (κ3) is 13.4. The Morgan fingerprint density at radius 1 is 0.682 bits per heavy atom. The van der Waals surface area contributed by atoms with E-state index in [0.29, 0.717) is 0 Å². The molecule has 10 atom stereocenters. The molecule has 0 spiro atoms. The standard InChI is InChI=1S/C38H48N10O18/c1-15(49)45-25-19(47-33(39)40)11-21(31(51)52)61-29(25)27(23-13-59-37(57)63-23)65-35(55)43-8-6-17-4-3-5-18(10-17)7-9-44-36(56)66-28(24-14-60-38(58)64-24)30-26(46-16(2)50)20(48-34(41)42)12-22(62-30)32(53)54/h3-5,10-12,19-20,23-30H,6-9,13-14H2,1-2H3,(H,43,55)(H,44,56)(H,45,49)(H,46,50)(H,51,52)(H,53,54)(H4,39,40,47)(H4,41,42,48)/t19-,20-,23+,24+,25+,26+,27+,28+,29+,30+/m0/s1. The molecule has 0 radical (unpaired) electrons. The van der Waals surface area contributed by atoms with Gasteiger partial charge in [0, 0.05) is 26.9 Å². The van der Waals surface area contributed by atoms with Gasteiger partial charge < -0.3 is 92.3 Å². The SMILES string of the molecule is CC(=O)N[C@H]1[C@H]([C@H](OC(=O)NCCc2cccc(CCNC(=O)O[C@@H]([C@@H]3OC(C(=O)O)=C[C@H](N=C(N)N)[C@H]3NC(C)=O)[C@H]3COC(=O)O3)c2)[C@H]2COC(=O)O2)OC(C(=O)O)=C[C@@H]1N=C(N)N. The number of alkyl carbamates (subject to hydrolysis) is 2. The van der Waals surface area contributed by atoms with Crippen molar-refractivity contribution in [3.8, 4) is 0 Å². The Morgan fingerprint density at radius 2 is 1.08 bits per heavy atom. The Labute approximate surface area is 373 Å². The summed E-state index contributed by atoms with van der Waals surface area (Å²) in [7, 11) is 0. The molecule has 1 aromatic carbocycles. The summed E-state index contributed by atoms with van der Waals surface area (Å²) in [5.41, 5.74) is 23.7. The van der Waals surface area contributed by atoms with Crippen LogP contribution in [-0.4, -0.2) is 157 Å². The first kappa shape index (κ1) is 48.8. The molecule has 1 aromatic rings. The maximum atomic E-state index is 13.2. The third-order valence-corrected chi connectivity index (χ3v) is 9.82. The van der Waals surface area contributed by atoms with E-state index in [9.17, 15) is 48.6 Å². The first-order valence-electron chi connectivity index (χ1n) is 19.9. The smallest absolute Gasteiger partial charge is 0.477 e. The summed E-state index contributed by atoms with van der Waals surface area (Å²) < 4.78 is 42.7. The van der Waals surface area contributed by atoms with Gasteiger partial charge in [-0.25, -0.2) is 38.8 Å². The van der Waals surface area contributed by atoms with Crippen LogP contribution in [0.25, 0.3) is 0 Å². The number of cyclic esters (lactones) is 4. The number of carbonyl (C=O) groups is 8. The Hall–Kier alpha value is -8.20. The number of hydrogen-bond donors (Lipinski definition) is 10. The molecule has 4 amide bonds. The van der Waals surface area contributed by atoms with Gasteiger partial charge in [-0.3, -0.25) is 9.59 Å². The largest absolute Gasteiger partial charge is 0.508 e. The van der Waals surface area contributed by atoms with Crippen molar-refractivity contribution in [1.29, 1.82) is 0 Å². The summed E-state index contributed by atoms with van der Waals surface area (Å²) >= 11 is 0. The van der Waals surface area contributed by atoms with Crippen LogP contribution in [0.2, 0.25) is 0 Å². The Bertz CT molecular complexity index is 2030. The van der Waals surface area contributed by atoms with E-state index in [-0.39, 0.29) is 25.9 Å². The molecule has 66 heavy (non-hydrogen) atoms. The second-order valence-corrected chi connectivity index (χ2v) is 14.7. The number of nitrogens with one attached hydrogen (secondary N) is 4. The van der Waals surface area contributed by atoms with Crippen LogP contribution >= 0.6 is 0 Å². The summed E-state index contributed by atoms with van der Waals surface area (Å²) in [4.78, 5) is 107. The quantitative estimate of drug-likeness (QED) is 0.0305. The molecule has 5 rings (SSSR count). The average molecular weight is 933 g/mol. The predicted molar refractivity (Wildman–Crippen MR) is 218 cm³/mol. The minimum absolute atomic E-state index is 0.0134. The molecule has 4 aliphatic rings. The number of nitrogens with zero attached hydrogens (tertiary/aromatic N) is 2. The topological polar surface area (TPSA) is 428 Å². The summed E-state index contributed by atoms with van der Waals surface area (Å²) in [6, 6.07) is 2.14. The maximum Gasteiger partial charge on any atom is 0.508 e. The average Bonchev–Trinajstić information content (AvgIpc) is 3.87. The molecule has 358 valence electrons. The number of guanidine groups is 2. The van der Waals surface area contributed by atoms with Crippen molar-refractivity contribution < 1.29 is 86.5 Å². The fourth-order valence-electron chi connectivity index (χ4n) is 7.20. The van der Waals surface area contributed by atoms with Gasteiger partial charge in [0.2, 0.25) is 23.3 Å². The summed E-state index contributed by atoms with van der Waals surface area (Å²) in [5, 5.41) is 29.8. The normalized spacial score (nSPS) is 25.0. The minimum Gasteiger partial charge on any atom is -0.477 e. The highest BCUT2D eigenvalue weighted by atomic mass is 16.8. The number of carboxylic acid groups (broad SMARTS) is 2. The number of carbonyl (C=O) groups excluding carboxylic acids is 6. The van der Waals surface area contributed by atoms with Crippen molar-refractivity contribution in [2.24, 2.45) is 32.9 Å². The second kappa shape index (κ2) is 21.9. The third-order valence-electron chi connectivity index (χ3n) is 9.82. The molecule has 0 unspecified atom stereocenters. The molecule has 14 N–H and O–H groups in total. The number of ether oxygens (including phenoxy) is 8. The monoisotopic (exact) mass is 932 g/mol. The van der Waals surface area contributed by atoms with E-state index in [0.717, 1.165) is 37.1 Å². The molecule has 0 bridgehead atoms. The molecule has 0 aliphatic carbocycles. The molecular formula is C38H48N10O18. The highest BCUT2D eigenvalue weighted by Gasteiger charge is 2.51. The first-order chi connectivity index (χ1) is 31.3. The van der Waals surface area contributed by atoms with Crippen molar-refractivity contribution >= 4 is 60.2 Å². The zero-order chi connectivity index (χ0) is 48.2. The number of nitrogens with two attached hydrogens (primary N) is 4. The number of carboxylic acids is 2. The molecule has 4 heterocycles. The maximum absolute atomic E-state index is 13.2. The lowest BCUT2D eigenvalue weighted by Crippen LogP contribution is -2.61. The Morgan fingerprint density at radius 3 is 1.39 bits per heavy atom. The molecule has 0 saturated carbocycles. The van der Waals surface area contributed by atoms with E-state index in [2.05, 4.69) is 31.3 Å². The van der Waals surface area contributed by atoms with Crippen LogP contribution in [0, 0.1) is 0 Å². The van der Waals surface area contributed by atoms with Crippen molar-refractivity contribution in [2.75, 3.05) is 26.3 Å². The summed E-state index contributed by atoms with van der Waals surface area (Å²) in [6.45, 7) is 1.45. The van der Waals surface area contributed by atoms with Gasteiger partial charge in [0.15, 0.2) is 48.5 Å². The minimum atomic E-state index is -1.57. The number of benzene rings is 1. The van der Waals surface area contributed by atoms with E-state index in [4.69, 9.17) is 60.8 Å². The molecule has 4 aliphatic heterocycles. The van der Waals surface area contributed by atoms with Gasteiger partial charge >= 0.3 is 36.4 Å². The molecule has 28 nitrogen and oxygen atoms in total. The summed E-state index contributed by atoms with van der Waals surface area (Å²) in [6.07, 6.45) is -10.5. The highest BCUT2D eigenvalue weighted by molar-refractivity contribution is 5.86. The van der Waals surface area contributed by atoms with Gasteiger partial charge in [-0.05, 0) is 36.1 Å². The van der Waals surface area contributed by atoms with Crippen LogP contribution in [0.1, 0.15) is 25.0 Å². The molecule has 2 fully saturated rings. The number of rotatable bonds is 18. The van der Waals surface area contributed by atoms with Crippen molar-refractivity contribution in [3.05, 3.63) is 59.1 Å². The molecule has 28 heteroatoms. The van der Waals surface area contributed by atoms with E-state index >= 15 is 0 Å². The van der Waals surface area contributed by atoms with Crippen LogP contribution in [-0.2, 0) is 69.9 Å². The fraction of sp³-hybridized carbons (Fsp3) is 0.474. The Balaban J connectivity index is 1.21. The van der Waals surface area contributed by atoms with Crippen LogP contribution < -0.4 is 44.2 Å². The van der Waals surface area contributed by atoms with Crippen molar-refractivity contribution in [1.82, 2.24) is 21.3 Å². The first-order valence-corrected chi connectivity index (χ1v) is 19.9. The molecule has 2 saturated heterocycles. The van der Waals surface area contributed by atoms with Gasteiger partial charge in [-0.1, -0.05) is 24.3 Å². The van der Waals surface area contributed by atoms with Gasteiger partial charge in [-0.2, -0.15) is 0 Å². The molecular weight excluding hydrogens is 884 g/mol. The van der Waals surface area contributed by atoms with E-state index in [1.54, 1.807) is 24.3 Å². The second-order valence-electron chi connectivity index (χ2n) is 14.7.